The largest absolute Gasteiger partial charge is 0.497 e. The maximum Gasteiger partial charge on any atom is 0.137 e. The predicted molar refractivity (Wildman–Crippen MR) is 145 cm³/mol. The van der Waals surface area contributed by atoms with Crippen LogP contribution in [-0.4, -0.2) is 16.5 Å². The minimum atomic E-state index is 0.213. The summed E-state index contributed by atoms with van der Waals surface area (Å²) in [5, 5.41) is 3.70. The highest BCUT2D eigenvalue weighted by molar-refractivity contribution is 5.67. The first-order valence-electron chi connectivity index (χ1n) is 12.1. The zero-order valence-electron chi connectivity index (χ0n) is 21.1. The van der Waals surface area contributed by atoms with Crippen LogP contribution in [0.4, 0.5) is 5.69 Å². The molecule has 1 saturated carbocycles. The molecular weight excluding hydrogens is 418 g/mol. The third kappa shape index (κ3) is 5.69. The fraction of sp³-hybridized carbons (Fsp3) is 0.300. The van der Waals surface area contributed by atoms with E-state index in [0.29, 0.717) is 5.92 Å². The number of fused-ring (bicyclic) bond motifs is 1. The number of nitrogens with zero attached hydrogens (tertiary/aromatic N) is 2. The first kappa shape index (κ1) is 25.1. The number of ether oxygens (including phenoxy) is 1. The van der Waals surface area contributed by atoms with Gasteiger partial charge in [0, 0.05) is 29.7 Å². The van der Waals surface area contributed by atoms with E-state index in [1.54, 1.807) is 7.11 Å². The summed E-state index contributed by atoms with van der Waals surface area (Å²) in [5.74, 6) is 1.61. The number of hydrogen-bond acceptors (Lipinski definition) is 3. The molecule has 2 heterocycles. The average Bonchev–Trinajstić information content (AvgIpc) is 3.65. The van der Waals surface area contributed by atoms with Crippen LogP contribution in [0.5, 0.6) is 5.75 Å². The second-order valence-corrected chi connectivity index (χ2v) is 8.31. The molecule has 0 saturated heterocycles. The fourth-order valence-electron chi connectivity index (χ4n) is 4.14. The summed E-state index contributed by atoms with van der Waals surface area (Å²) in [5.41, 5.74) is 8.17. The minimum absolute atomic E-state index is 0.213. The number of rotatable bonds is 6. The molecule has 0 aliphatic heterocycles. The van der Waals surface area contributed by atoms with Gasteiger partial charge in [0.25, 0.3) is 0 Å². The van der Waals surface area contributed by atoms with E-state index < -0.39 is 0 Å². The van der Waals surface area contributed by atoms with Crippen molar-refractivity contribution in [2.24, 2.45) is 0 Å². The molecule has 0 spiro atoms. The second-order valence-electron chi connectivity index (χ2n) is 8.31. The Labute approximate surface area is 204 Å². The number of aromatic nitrogens is 2. The van der Waals surface area contributed by atoms with Crippen LogP contribution in [0.2, 0.25) is 0 Å². The Morgan fingerprint density at radius 3 is 2.53 bits per heavy atom. The van der Waals surface area contributed by atoms with Gasteiger partial charge in [-0.2, -0.15) is 0 Å². The summed E-state index contributed by atoms with van der Waals surface area (Å²) in [4.78, 5) is 4.81. The maximum absolute atomic E-state index is 5.45. The van der Waals surface area contributed by atoms with Crippen LogP contribution in [0.3, 0.4) is 0 Å². The smallest absolute Gasteiger partial charge is 0.137 e. The third-order valence-corrected chi connectivity index (χ3v) is 5.93. The SMILES string of the molecule is C=C.CC.COc1ccc(C(C)Nc2cccc(-c3cn4ccc(C)cc4n3)c2)c(C2CC2)c1. The molecule has 0 bridgehead atoms. The van der Waals surface area contributed by atoms with Crippen LogP contribution in [-0.2, 0) is 0 Å². The van der Waals surface area contributed by atoms with Gasteiger partial charge in [-0.05, 0) is 85.7 Å². The normalized spacial score (nSPS) is 13.2. The molecule has 0 amide bonds. The summed E-state index contributed by atoms with van der Waals surface area (Å²) in [6.45, 7) is 14.3. The van der Waals surface area contributed by atoms with Crippen LogP contribution in [0.25, 0.3) is 16.9 Å². The number of anilines is 1. The van der Waals surface area contributed by atoms with Crippen molar-refractivity contribution in [3.63, 3.8) is 0 Å². The fourth-order valence-corrected chi connectivity index (χ4v) is 4.14. The van der Waals surface area contributed by atoms with Crippen molar-refractivity contribution in [3.05, 3.63) is 96.8 Å². The van der Waals surface area contributed by atoms with Gasteiger partial charge in [0.2, 0.25) is 0 Å². The molecule has 1 fully saturated rings. The Bertz CT molecular complexity index is 1220. The van der Waals surface area contributed by atoms with Crippen molar-refractivity contribution in [2.45, 2.75) is 52.5 Å². The summed E-state index contributed by atoms with van der Waals surface area (Å²) in [7, 11) is 1.74. The van der Waals surface area contributed by atoms with Crippen molar-refractivity contribution in [1.82, 2.24) is 9.38 Å². The van der Waals surface area contributed by atoms with Gasteiger partial charge in [0.15, 0.2) is 0 Å². The molecule has 178 valence electrons. The van der Waals surface area contributed by atoms with E-state index in [2.05, 4.69) is 104 Å². The molecular formula is C30H37N3O. The standard InChI is InChI=1S/C26H27N3O.C2H6.C2H4/c1-17-11-12-29-16-25(28-26(29)13-17)20-5-4-6-21(14-20)27-18(2)23-10-9-22(30-3)15-24(23)19-7-8-19;2*1-2/h4-6,9-16,18-19,27H,7-8H2,1-3H3;1-2H3;1-2H2. The van der Waals surface area contributed by atoms with Gasteiger partial charge >= 0.3 is 0 Å². The highest BCUT2D eigenvalue weighted by Gasteiger charge is 2.28. The summed E-state index contributed by atoms with van der Waals surface area (Å²) in [6.07, 6.45) is 6.70. The number of benzene rings is 2. The summed E-state index contributed by atoms with van der Waals surface area (Å²) in [6, 6.07) is 19.4. The summed E-state index contributed by atoms with van der Waals surface area (Å²) < 4.78 is 7.53. The molecule has 1 N–H and O–H groups in total. The van der Waals surface area contributed by atoms with E-state index in [-0.39, 0.29) is 6.04 Å². The van der Waals surface area contributed by atoms with Crippen molar-refractivity contribution >= 4 is 11.3 Å². The quantitative estimate of drug-likeness (QED) is 0.298. The van der Waals surface area contributed by atoms with Crippen molar-refractivity contribution < 1.29 is 4.74 Å². The lowest BCUT2D eigenvalue weighted by Gasteiger charge is -2.20. The number of nitrogens with one attached hydrogen (secondary N) is 1. The molecule has 1 unspecified atom stereocenters. The van der Waals surface area contributed by atoms with Crippen molar-refractivity contribution in [1.29, 1.82) is 0 Å². The zero-order valence-corrected chi connectivity index (χ0v) is 21.1. The molecule has 5 rings (SSSR count). The van der Waals surface area contributed by atoms with Crippen LogP contribution in [0, 0.1) is 6.92 Å². The Kier molecular flexibility index (Phi) is 8.53. The Morgan fingerprint density at radius 1 is 1.06 bits per heavy atom. The predicted octanol–water partition coefficient (Wildman–Crippen LogP) is 8.20. The van der Waals surface area contributed by atoms with Crippen molar-refractivity contribution in [2.75, 3.05) is 12.4 Å². The lowest BCUT2D eigenvalue weighted by atomic mass is 9.97. The van der Waals surface area contributed by atoms with Crippen LogP contribution >= 0.6 is 0 Å². The van der Waals surface area contributed by atoms with E-state index in [4.69, 9.17) is 9.72 Å². The van der Waals surface area contributed by atoms with E-state index in [1.807, 2.05) is 13.8 Å². The topological polar surface area (TPSA) is 38.6 Å². The van der Waals surface area contributed by atoms with Gasteiger partial charge in [-0.3, -0.25) is 0 Å². The molecule has 1 atom stereocenters. The lowest BCUT2D eigenvalue weighted by molar-refractivity contribution is 0.414. The van der Waals surface area contributed by atoms with E-state index in [0.717, 1.165) is 28.3 Å². The second kappa shape index (κ2) is 11.6. The Balaban J connectivity index is 0.000000771. The molecule has 4 heteroatoms. The van der Waals surface area contributed by atoms with Gasteiger partial charge in [-0.25, -0.2) is 4.98 Å². The zero-order chi connectivity index (χ0) is 24.7. The van der Waals surface area contributed by atoms with Gasteiger partial charge < -0.3 is 14.5 Å². The molecule has 0 radical (unpaired) electrons. The van der Waals surface area contributed by atoms with E-state index in [9.17, 15) is 0 Å². The lowest BCUT2D eigenvalue weighted by Crippen LogP contribution is -2.09. The number of pyridine rings is 1. The maximum atomic E-state index is 5.45. The molecule has 1 aliphatic carbocycles. The van der Waals surface area contributed by atoms with Gasteiger partial charge in [-0.1, -0.05) is 32.0 Å². The molecule has 2 aromatic heterocycles. The van der Waals surface area contributed by atoms with Crippen LogP contribution in [0.1, 0.15) is 62.3 Å². The number of aryl methyl sites for hydroxylation is 1. The number of imidazole rings is 1. The van der Waals surface area contributed by atoms with Crippen LogP contribution < -0.4 is 10.1 Å². The van der Waals surface area contributed by atoms with Gasteiger partial charge in [0.05, 0.1) is 12.8 Å². The van der Waals surface area contributed by atoms with Gasteiger partial charge in [0.1, 0.15) is 11.4 Å². The molecule has 4 nitrogen and oxygen atoms in total. The molecule has 34 heavy (non-hydrogen) atoms. The highest BCUT2D eigenvalue weighted by Crippen LogP contribution is 2.44. The molecule has 4 aromatic rings. The first-order chi connectivity index (χ1) is 16.6. The Hall–Kier alpha value is -3.53. The molecule has 1 aliphatic rings. The average molecular weight is 456 g/mol. The van der Waals surface area contributed by atoms with E-state index in [1.165, 1.54) is 29.5 Å². The van der Waals surface area contributed by atoms with Gasteiger partial charge in [-0.15, -0.1) is 13.2 Å². The number of hydrogen-bond donors (Lipinski definition) is 1. The number of methoxy groups -OCH3 is 1. The van der Waals surface area contributed by atoms with E-state index >= 15 is 0 Å². The van der Waals surface area contributed by atoms with Crippen LogP contribution in [0.15, 0.2) is 80.1 Å². The highest BCUT2D eigenvalue weighted by atomic mass is 16.5. The third-order valence-electron chi connectivity index (χ3n) is 5.93. The molecule has 2 aromatic carbocycles. The minimum Gasteiger partial charge on any atom is -0.497 e. The first-order valence-corrected chi connectivity index (χ1v) is 12.1. The monoisotopic (exact) mass is 455 g/mol. The van der Waals surface area contributed by atoms with Crippen molar-refractivity contribution in [3.8, 4) is 17.0 Å². The summed E-state index contributed by atoms with van der Waals surface area (Å²) >= 11 is 0. The Morgan fingerprint density at radius 2 is 1.82 bits per heavy atom.